The largest absolute Gasteiger partial charge is 0.559 e. The Morgan fingerprint density at radius 3 is 0.576 bits per heavy atom. The Morgan fingerprint density at radius 1 is 0.545 bits per heavy atom. The molecule has 0 fully saturated rings. The number of hydrogen-bond acceptors (Lipinski definition) is 2. The molecule has 0 radical (unpaired) electrons. The van der Waals surface area contributed by atoms with E-state index in [1.165, 1.54) is 0 Å². The minimum Gasteiger partial charge on any atom is -0.241 e. The predicted octanol–water partition coefficient (Wildman–Crippen LogP) is 9.77. The summed E-state index contributed by atoms with van der Waals surface area (Å²) >= 11 is 0. The lowest BCUT2D eigenvalue weighted by Gasteiger charge is -1.93. The quantitative estimate of drug-likeness (QED) is 0.219. The van der Waals surface area contributed by atoms with E-state index >= 15 is 0 Å². The van der Waals surface area contributed by atoms with Crippen LogP contribution in [0.2, 0.25) is 0 Å². The number of carbonyl (C=O) groups excluding carboxylic acids is 2. The molecular weight excluding hydrogens is 544 g/mol. The maximum atomic E-state index is 10.4. The molecule has 0 atom stereocenters. The van der Waals surface area contributed by atoms with Crippen LogP contribution in [0.25, 0.3) is 0 Å². The fourth-order valence-corrected chi connectivity index (χ4v) is 0. The summed E-state index contributed by atoms with van der Waals surface area (Å²) in [7, 11) is 0. The highest BCUT2D eigenvalue weighted by Crippen LogP contribution is 2.14. The van der Waals surface area contributed by atoms with Gasteiger partial charge in [0.1, 0.15) is 0 Å². The first-order valence-electron chi connectivity index (χ1n) is 5.44. The molecule has 0 amide bonds. The maximum absolute atomic E-state index is 10.4. The summed E-state index contributed by atoms with van der Waals surface area (Å²) in [5, 5.41) is 0. The molecule has 0 N–H and O–H groups in total. The number of carbonyl (C=O) groups is 2. The van der Waals surface area contributed by atoms with Crippen LogP contribution in [0, 0.1) is 0 Å². The number of hydrogen-bond donors (Lipinski definition) is 0. The molecule has 0 bridgehead atoms. The van der Waals surface area contributed by atoms with E-state index in [2.05, 4.69) is 6.58 Å². The second kappa shape index (κ2) is 47.5. The van der Waals surface area contributed by atoms with Gasteiger partial charge >= 0.3 is 25.2 Å². The molecule has 0 spiro atoms. The molecule has 22 heteroatoms. The fourth-order valence-electron chi connectivity index (χ4n) is 0. The SMILES string of the molecule is C.C=C(F)F.FC(F)(F)F.FCC(F)(F)F.FCF.FCF.FCF.O=C(F)F.O=C(F)F. The minimum atomic E-state index is -5.50. The van der Waals surface area contributed by atoms with Crippen molar-refractivity contribution in [3.8, 4) is 0 Å². The van der Waals surface area contributed by atoms with Crippen LogP contribution < -0.4 is 0 Å². The lowest BCUT2D eigenvalue weighted by molar-refractivity contribution is -0.237. The van der Waals surface area contributed by atoms with Crippen LogP contribution in [0.5, 0.6) is 0 Å². The highest BCUT2D eigenvalue weighted by atomic mass is 19.5. The van der Waals surface area contributed by atoms with E-state index in [1.807, 2.05) is 0 Å². The number of halogens is 20. The maximum Gasteiger partial charge on any atom is 0.559 e. The first kappa shape index (κ1) is 57.5. The van der Waals surface area contributed by atoms with Gasteiger partial charge in [-0.15, -0.1) is 35.1 Å². The third kappa shape index (κ3) is 49200. The van der Waals surface area contributed by atoms with E-state index in [-0.39, 0.29) is 7.43 Å². The zero-order valence-corrected chi connectivity index (χ0v) is 14.4. The van der Waals surface area contributed by atoms with Crippen LogP contribution in [-0.2, 0) is 0 Å². The normalized spacial score (nSPS) is 8.00. The average molecular weight is 558 g/mol. The molecule has 0 aliphatic heterocycles. The Balaban J connectivity index is -0.0000000287. The molecule has 0 unspecified atom stereocenters. The Kier molecular flexibility index (Phi) is 82.7. The Hall–Kier alpha value is -2.32. The highest BCUT2D eigenvalue weighted by molar-refractivity contribution is 5.56. The van der Waals surface area contributed by atoms with Gasteiger partial charge < -0.3 is 0 Å². The summed E-state index contributed by atoms with van der Waals surface area (Å²) in [5.41, 5.74) is 0. The minimum absolute atomic E-state index is 0. The van der Waals surface area contributed by atoms with Crippen LogP contribution in [-0.4, -0.2) is 52.6 Å². The summed E-state index contributed by atoms with van der Waals surface area (Å²) in [6.07, 6.45) is -17.6. The molecular formula is C11H14F20O2. The van der Waals surface area contributed by atoms with E-state index in [4.69, 9.17) is 9.59 Å². The summed E-state index contributed by atoms with van der Waals surface area (Å²) in [6, 6.07) is 0. The Bertz CT molecular complexity index is 304. The molecule has 2 nitrogen and oxygen atoms in total. The lowest BCUT2D eigenvalue weighted by atomic mass is 10.8. The van der Waals surface area contributed by atoms with Crippen molar-refractivity contribution < 1.29 is 97.4 Å². The second-order valence-electron chi connectivity index (χ2n) is 2.27. The van der Waals surface area contributed by atoms with Crippen LogP contribution >= 0.6 is 0 Å². The van der Waals surface area contributed by atoms with Gasteiger partial charge in [0, 0.05) is 0 Å². The monoisotopic (exact) mass is 558 g/mol. The first-order valence-corrected chi connectivity index (χ1v) is 5.44. The van der Waals surface area contributed by atoms with E-state index in [9.17, 15) is 87.8 Å². The summed E-state index contributed by atoms with van der Waals surface area (Å²) in [4.78, 5) is 16.2. The van der Waals surface area contributed by atoms with Crippen molar-refractivity contribution in [3.63, 3.8) is 0 Å². The number of rotatable bonds is 0. The first-order chi connectivity index (χ1) is 14.0. The molecule has 0 aromatic carbocycles. The molecule has 0 saturated heterocycles. The number of alkyl halides is 14. The lowest BCUT2D eigenvalue weighted by Crippen LogP contribution is -2.08. The van der Waals surface area contributed by atoms with Crippen molar-refractivity contribution in [1.29, 1.82) is 0 Å². The van der Waals surface area contributed by atoms with Gasteiger partial charge in [-0.1, -0.05) is 7.43 Å². The van der Waals surface area contributed by atoms with E-state index in [1.54, 1.807) is 0 Å². The predicted molar refractivity (Wildman–Crippen MR) is 73.8 cm³/mol. The van der Waals surface area contributed by atoms with Crippen molar-refractivity contribution in [2.45, 2.75) is 20.0 Å². The van der Waals surface area contributed by atoms with Crippen molar-refractivity contribution in [1.82, 2.24) is 0 Å². The molecule has 0 aliphatic rings. The van der Waals surface area contributed by atoms with Gasteiger partial charge in [0.05, 0.1) is 0 Å². The molecule has 0 aromatic rings. The zero-order valence-electron chi connectivity index (χ0n) is 14.4. The average Bonchev–Trinajstić information content (AvgIpc) is 2.45. The molecule has 0 saturated carbocycles. The summed E-state index contributed by atoms with van der Waals surface area (Å²) in [6.45, 7) is -5.26. The van der Waals surface area contributed by atoms with Gasteiger partial charge in [-0.3, -0.25) is 0 Å². The van der Waals surface area contributed by atoms with Crippen LogP contribution in [0.4, 0.5) is 97.4 Å². The Labute approximate surface area is 171 Å². The smallest absolute Gasteiger partial charge is 0.241 e. The van der Waals surface area contributed by atoms with Crippen LogP contribution in [0.1, 0.15) is 7.43 Å². The van der Waals surface area contributed by atoms with Gasteiger partial charge in [0.15, 0.2) is 6.67 Å². The van der Waals surface area contributed by atoms with Gasteiger partial charge in [0.25, 0.3) is 6.08 Å². The molecule has 0 rings (SSSR count). The van der Waals surface area contributed by atoms with E-state index in [0.29, 0.717) is 0 Å². The van der Waals surface area contributed by atoms with E-state index in [0.717, 1.165) is 0 Å². The Morgan fingerprint density at radius 2 is 0.576 bits per heavy atom. The standard InChI is InChI=1S/C2H2F4.C2H2F2.CF4.2CF2O.3CH2F2.CH4/c3-1-2(4,5)6;1-2(3)4;2-1(3,4)5;2*2-1(3)4;3*2-1-3;/h1H2;1H2;;;;3*1H2;1H4. The highest BCUT2D eigenvalue weighted by Gasteiger charge is 2.26. The van der Waals surface area contributed by atoms with Crippen molar-refractivity contribution in [2.24, 2.45) is 0 Å². The fraction of sp³-hybridized carbons (Fsp3) is 0.636. The topological polar surface area (TPSA) is 34.1 Å². The van der Waals surface area contributed by atoms with E-state index < -0.39 is 58.7 Å². The van der Waals surface area contributed by atoms with Crippen molar-refractivity contribution in [2.75, 3.05) is 27.5 Å². The zero-order chi connectivity index (χ0) is 28.6. The third-order valence-electron chi connectivity index (χ3n) is 0.152. The molecule has 210 valence electrons. The van der Waals surface area contributed by atoms with Crippen LogP contribution in [0.15, 0.2) is 12.7 Å². The molecule has 0 aliphatic carbocycles. The third-order valence-corrected chi connectivity index (χ3v) is 0.152. The molecule has 33 heavy (non-hydrogen) atoms. The van der Waals surface area contributed by atoms with Crippen LogP contribution in [0.3, 0.4) is 0 Å². The van der Waals surface area contributed by atoms with Gasteiger partial charge in [-0.2, -0.15) is 22.0 Å². The van der Waals surface area contributed by atoms with Crippen molar-refractivity contribution in [3.05, 3.63) is 12.7 Å². The summed E-state index contributed by atoms with van der Waals surface area (Å²) in [5.74, 6) is 0. The van der Waals surface area contributed by atoms with Gasteiger partial charge in [-0.25, -0.2) is 40.3 Å². The van der Waals surface area contributed by atoms with Crippen molar-refractivity contribution >= 4 is 12.6 Å². The second-order valence-corrected chi connectivity index (χ2v) is 2.27. The molecule has 0 heterocycles. The van der Waals surface area contributed by atoms with Gasteiger partial charge in [0.2, 0.25) is 20.8 Å². The van der Waals surface area contributed by atoms with Gasteiger partial charge in [-0.05, 0) is 6.58 Å². The summed E-state index contributed by atoms with van der Waals surface area (Å²) < 4.78 is 197. The molecule has 0 aromatic heterocycles.